The van der Waals surface area contributed by atoms with Crippen molar-refractivity contribution in [3.63, 3.8) is 0 Å². The molecule has 0 saturated heterocycles. The Morgan fingerprint density at radius 1 is 1.25 bits per heavy atom. The molecule has 0 bridgehead atoms. The molecular formula is C14H22ClN3O2. The average molecular weight is 300 g/mol. The van der Waals surface area contributed by atoms with E-state index in [1.165, 1.54) is 0 Å². The molecule has 20 heavy (non-hydrogen) atoms. The van der Waals surface area contributed by atoms with Crippen LogP contribution in [0, 0.1) is 0 Å². The number of hydrogen-bond acceptors (Lipinski definition) is 3. The zero-order valence-electron chi connectivity index (χ0n) is 11.6. The summed E-state index contributed by atoms with van der Waals surface area (Å²) in [6, 6.07) is 7.65. The molecule has 2 amide bonds. The molecule has 0 aliphatic rings. The van der Waals surface area contributed by atoms with Crippen molar-refractivity contribution in [2.45, 2.75) is 26.2 Å². The van der Waals surface area contributed by atoms with Gasteiger partial charge >= 0.3 is 0 Å². The SMILES string of the molecule is CCc1cccc(NC(=O)CNC(=O)CCCN)c1.Cl. The van der Waals surface area contributed by atoms with E-state index in [1.54, 1.807) is 0 Å². The second-order valence-electron chi connectivity index (χ2n) is 4.27. The Bertz CT molecular complexity index is 438. The molecule has 1 aromatic rings. The van der Waals surface area contributed by atoms with E-state index < -0.39 is 0 Å². The zero-order chi connectivity index (χ0) is 14.1. The van der Waals surface area contributed by atoms with Crippen LogP contribution in [0.5, 0.6) is 0 Å². The van der Waals surface area contributed by atoms with Crippen LogP contribution in [0.25, 0.3) is 0 Å². The number of rotatable bonds is 7. The molecule has 1 aromatic carbocycles. The fourth-order valence-corrected chi connectivity index (χ4v) is 1.60. The lowest BCUT2D eigenvalue weighted by atomic mass is 10.1. The Morgan fingerprint density at radius 3 is 2.65 bits per heavy atom. The van der Waals surface area contributed by atoms with Gasteiger partial charge in [0.05, 0.1) is 6.54 Å². The number of nitrogens with one attached hydrogen (secondary N) is 2. The van der Waals surface area contributed by atoms with E-state index >= 15 is 0 Å². The van der Waals surface area contributed by atoms with Crippen molar-refractivity contribution in [3.05, 3.63) is 29.8 Å². The number of halogens is 1. The minimum atomic E-state index is -0.227. The van der Waals surface area contributed by atoms with Gasteiger partial charge in [0.2, 0.25) is 11.8 Å². The summed E-state index contributed by atoms with van der Waals surface area (Å²) in [6.45, 7) is 2.52. The standard InChI is InChI=1S/C14H21N3O2.ClH/c1-2-11-5-3-6-12(9-11)17-14(19)10-16-13(18)7-4-8-15;/h3,5-6,9H,2,4,7-8,10,15H2,1H3,(H,16,18)(H,17,19);1H. The molecule has 0 spiro atoms. The largest absolute Gasteiger partial charge is 0.347 e. The van der Waals surface area contributed by atoms with Gasteiger partial charge in [0, 0.05) is 12.1 Å². The molecule has 0 aromatic heterocycles. The first-order chi connectivity index (χ1) is 9.15. The molecule has 0 unspecified atom stereocenters. The Kier molecular flexibility index (Phi) is 9.41. The Hall–Kier alpha value is -1.59. The van der Waals surface area contributed by atoms with Gasteiger partial charge in [-0.3, -0.25) is 9.59 Å². The molecule has 6 heteroatoms. The molecule has 0 radical (unpaired) electrons. The molecule has 4 N–H and O–H groups in total. The fraction of sp³-hybridized carbons (Fsp3) is 0.429. The van der Waals surface area contributed by atoms with E-state index in [2.05, 4.69) is 17.6 Å². The zero-order valence-corrected chi connectivity index (χ0v) is 12.5. The molecule has 0 aliphatic heterocycles. The van der Waals surface area contributed by atoms with E-state index in [1.807, 2.05) is 24.3 Å². The van der Waals surface area contributed by atoms with Crippen molar-refractivity contribution in [1.82, 2.24) is 5.32 Å². The summed E-state index contributed by atoms with van der Waals surface area (Å²) in [5.41, 5.74) is 7.21. The fourth-order valence-electron chi connectivity index (χ4n) is 1.60. The quantitative estimate of drug-likeness (QED) is 0.713. The van der Waals surface area contributed by atoms with Crippen LogP contribution < -0.4 is 16.4 Å². The maximum absolute atomic E-state index is 11.6. The van der Waals surface area contributed by atoms with E-state index in [0.29, 0.717) is 19.4 Å². The van der Waals surface area contributed by atoms with Crippen LogP contribution in [0.4, 0.5) is 5.69 Å². The van der Waals surface area contributed by atoms with Crippen molar-refractivity contribution in [1.29, 1.82) is 0 Å². The normalized spacial score (nSPS) is 9.50. The summed E-state index contributed by atoms with van der Waals surface area (Å²) < 4.78 is 0. The highest BCUT2D eigenvalue weighted by molar-refractivity contribution is 5.94. The maximum Gasteiger partial charge on any atom is 0.243 e. The third kappa shape index (κ3) is 7.11. The number of carbonyl (C=O) groups excluding carboxylic acids is 2. The van der Waals surface area contributed by atoms with Crippen LogP contribution in [0.3, 0.4) is 0 Å². The molecule has 0 fully saturated rings. The second kappa shape index (κ2) is 10.2. The molecule has 0 saturated carbocycles. The summed E-state index contributed by atoms with van der Waals surface area (Å²) in [6.07, 6.45) is 1.90. The molecule has 0 aliphatic carbocycles. The predicted molar refractivity (Wildman–Crippen MR) is 83.0 cm³/mol. The molecule has 0 atom stereocenters. The van der Waals surface area contributed by atoms with Gasteiger partial charge in [-0.25, -0.2) is 0 Å². The van der Waals surface area contributed by atoms with E-state index in [4.69, 9.17) is 5.73 Å². The molecular weight excluding hydrogens is 278 g/mol. The number of amides is 2. The van der Waals surface area contributed by atoms with Crippen LogP contribution in [0.1, 0.15) is 25.3 Å². The van der Waals surface area contributed by atoms with Gasteiger partial charge in [0.15, 0.2) is 0 Å². The lowest BCUT2D eigenvalue weighted by Gasteiger charge is -2.07. The summed E-state index contributed by atoms with van der Waals surface area (Å²) in [5, 5.41) is 5.31. The molecule has 5 nitrogen and oxygen atoms in total. The van der Waals surface area contributed by atoms with Crippen molar-refractivity contribution in [2.24, 2.45) is 5.73 Å². The van der Waals surface area contributed by atoms with Crippen LogP contribution in [-0.4, -0.2) is 24.9 Å². The maximum atomic E-state index is 11.6. The third-order valence-corrected chi connectivity index (χ3v) is 2.67. The van der Waals surface area contributed by atoms with Crippen molar-refractivity contribution in [3.8, 4) is 0 Å². The molecule has 1 rings (SSSR count). The summed E-state index contributed by atoms with van der Waals surface area (Å²) in [4.78, 5) is 23.0. The smallest absolute Gasteiger partial charge is 0.243 e. The summed E-state index contributed by atoms with van der Waals surface area (Å²) in [5.74, 6) is -0.378. The number of carbonyl (C=O) groups is 2. The van der Waals surface area contributed by atoms with Crippen molar-refractivity contribution in [2.75, 3.05) is 18.4 Å². The van der Waals surface area contributed by atoms with Crippen molar-refractivity contribution < 1.29 is 9.59 Å². The monoisotopic (exact) mass is 299 g/mol. The van der Waals surface area contributed by atoms with Crippen LogP contribution >= 0.6 is 12.4 Å². The first kappa shape index (κ1) is 18.4. The highest BCUT2D eigenvalue weighted by atomic mass is 35.5. The Balaban J connectivity index is 0.00000361. The highest BCUT2D eigenvalue weighted by Crippen LogP contribution is 2.10. The second-order valence-corrected chi connectivity index (χ2v) is 4.27. The van der Waals surface area contributed by atoms with Crippen LogP contribution in [0.15, 0.2) is 24.3 Å². The van der Waals surface area contributed by atoms with Gasteiger partial charge in [0.25, 0.3) is 0 Å². The summed E-state index contributed by atoms with van der Waals surface area (Å²) in [7, 11) is 0. The Labute approximate surface area is 125 Å². The summed E-state index contributed by atoms with van der Waals surface area (Å²) >= 11 is 0. The van der Waals surface area contributed by atoms with Gasteiger partial charge in [-0.15, -0.1) is 12.4 Å². The molecule has 0 heterocycles. The number of benzene rings is 1. The first-order valence-electron chi connectivity index (χ1n) is 6.51. The van der Waals surface area contributed by atoms with Crippen LogP contribution in [0.2, 0.25) is 0 Å². The van der Waals surface area contributed by atoms with E-state index in [9.17, 15) is 9.59 Å². The number of aryl methyl sites for hydroxylation is 1. The lowest BCUT2D eigenvalue weighted by Crippen LogP contribution is -2.32. The minimum Gasteiger partial charge on any atom is -0.347 e. The predicted octanol–water partition coefficient (Wildman–Crippen LogP) is 1.46. The topological polar surface area (TPSA) is 84.2 Å². The third-order valence-electron chi connectivity index (χ3n) is 2.67. The van der Waals surface area contributed by atoms with Gasteiger partial charge in [-0.2, -0.15) is 0 Å². The van der Waals surface area contributed by atoms with Gasteiger partial charge in [-0.05, 0) is 37.1 Å². The minimum absolute atomic E-state index is 0. The lowest BCUT2D eigenvalue weighted by molar-refractivity contribution is -0.124. The van der Waals surface area contributed by atoms with E-state index in [0.717, 1.165) is 17.7 Å². The number of anilines is 1. The van der Waals surface area contributed by atoms with Gasteiger partial charge in [0.1, 0.15) is 0 Å². The first-order valence-corrected chi connectivity index (χ1v) is 6.51. The number of hydrogen-bond donors (Lipinski definition) is 3. The Morgan fingerprint density at radius 2 is 2.00 bits per heavy atom. The van der Waals surface area contributed by atoms with Gasteiger partial charge in [-0.1, -0.05) is 19.1 Å². The van der Waals surface area contributed by atoms with Crippen LogP contribution in [-0.2, 0) is 16.0 Å². The number of nitrogens with two attached hydrogens (primary N) is 1. The molecule has 112 valence electrons. The highest BCUT2D eigenvalue weighted by Gasteiger charge is 2.05. The average Bonchev–Trinajstić information content (AvgIpc) is 2.43. The van der Waals surface area contributed by atoms with Gasteiger partial charge < -0.3 is 16.4 Å². The van der Waals surface area contributed by atoms with E-state index in [-0.39, 0.29) is 30.8 Å². The van der Waals surface area contributed by atoms with Crippen molar-refractivity contribution >= 4 is 29.9 Å².